The van der Waals surface area contributed by atoms with E-state index in [9.17, 15) is 9.18 Å². The molecule has 2 heterocycles. The number of benzene rings is 1. The summed E-state index contributed by atoms with van der Waals surface area (Å²) in [4.78, 5) is 16.1. The highest BCUT2D eigenvalue weighted by molar-refractivity contribution is 5.85. The van der Waals surface area contributed by atoms with Crippen LogP contribution in [0.15, 0.2) is 28.8 Å². The largest absolute Gasteiger partial charge is 0.356 e. The highest BCUT2D eigenvalue weighted by atomic mass is 35.5. The molecule has 1 aromatic heterocycles. The zero-order valence-electron chi connectivity index (χ0n) is 14.5. The number of nitrogens with zero attached hydrogens (tertiary/aromatic N) is 2. The smallest absolute Gasteiger partial charge is 0.226 e. The average molecular weight is 383 g/mol. The predicted molar refractivity (Wildman–Crippen MR) is 98.5 cm³/mol. The van der Waals surface area contributed by atoms with Crippen molar-refractivity contribution in [2.24, 2.45) is 5.92 Å². The van der Waals surface area contributed by atoms with Gasteiger partial charge in [-0.3, -0.25) is 4.79 Å². The monoisotopic (exact) mass is 382 g/mol. The lowest BCUT2D eigenvalue weighted by molar-refractivity contribution is -0.121. The van der Waals surface area contributed by atoms with Crippen LogP contribution in [0.2, 0.25) is 0 Å². The second-order valence-corrected chi connectivity index (χ2v) is 6.37. The Hall–Kier alpha value is -1.99. The predicted octanol–water partition coefficient (Wildman–Crippen LogP) is 2.74. The van der Waals surface area contributed by atoms with Crippen LogP contribution >= 0.6 is 12.4 Å². The highest BCUT2D eigenvalue weighted by Crippen LogP contribution is 2.17. The van der Waals surface area contributed by atoms with E-state index in [4.69, 9.17) is 4.52 Å². The Bertz CT molecular complexity index is 687. The van der Waals surface area contributed by atoms with Crippen LogP contribution in [0.4, 0.5) is 4.39 Å². The van der Waals surface area contributed by atoms with Gasteiger partial charge in [-0.2, -0.15) is 4.98 Å². The molecule has 0 saturated carbocycles. The van der Waals surface area contributed by atoms with E-state index >= 15 is 0 Å². The van der Waals surface area contributed by atoms with Crippen molar-refractivity contribution >= 4 is 18.3 Å². The Morgan fingerprint density at radius 1 is 1.35 bits per heavy atom. The number of carbonyl (C=O) groups is 1. The van der Waals surface area contributed by atoms with Crippen molar-refractivity contribution in [3.8, 4) is 11.4 Å². The van der Waals surface area contributed by atoms with Gasteiger partial charge in [0.1, 0.15) is 5.82 Å². The summed E-state index contributed by atoms with van der Waals surface area (Å²) in [6.45, 7) is 2.88. The van der Waals surface area contributed by atoms with E-state index in [1.807, 2.05) is 0 Å². The SMILES string of the molecule is Cl.O=C(CCCc1nc(-c2ccc(F)cc2)no1)NCCC1CCNC1. The van der Waals surface area contributed by atoms with Crippen molar-refractivity contribution in [1.82, 2.24) is 20.8 Å². The van der Waals surface area contributed by atoms with E-state index in [0.29, 0.717) is 42.5 Å². The van der Waals surface area contributed by atoms with Gasteiger partial charge in [-0.1, -0.05) is 5.16 Å². The lowest BCUT2D eigenvalue weighted by Crippen LogP contribution is -2.26. The molecule has 0 spiro atoms. The number of aromatic nitrogens is 2. The third-order valence-corrected chi connectivity index (χ3v) is 4.40. The first-order valence-corrected chi connectivity index (χ1v) is 8.76. The topological polar surface area (TPSA) is 80.0 Å². The minimum absolute atomic E-state index is 0. The standard InChI is InChI=1S/C18H23FN4O2.ClH/c19-15-6-4-14(5-7-15)18-22-17(25-23-18)3-1-2-16(24)21-11-9-13-8-10-20-12-13;/h4-7,13,20H,1-3,8-12H2,(H,21,24);1H. The zero-order chi connectivity index (χ0) is 17.5. The molecular formula is C18H24ClFN4O2. The minimum Gasteiger partial charge on any atom is -0.356 e. The average Bonchev–Trinajstić information content (AvgIpc) is 3.28. The molecule has 0 bridgehead atoms. The van der Waals surface area contributed by atoms with Crippen LogP contribution < -0.4 is 10.6 Å². The molecule has 8 heteroatoms. The lowest BCUT2D eigenvalue weighted by Gasteiger charge is -2.08. The van der Waals surface area contributed by atoms with Gasteiger partial charge in [0, 0.05) is 24.9 Å². The number of hydrogen-bond donors (Lipinski definition) is 2. The van der Waals surface area contributed by atoms with Gasteiger partial charge in [0.05, 0.1) is 0 Å². The molecule has 2 N–H and O–H groups in total. The van der Waals surface area contributed by atoms with E-state index in [-0.39, 0.29) is 24.1 Å². The number of aryl methyl sites for hydroxylation is 1. The Balaban J connectivity index is 0.00000243. The Labute approximate surface area is 158 Å². The molecule has 1 fully saturated rings. The van der Waals surface area contributed by atoms with Gasteiger partial charge in [0.2, 0.25) is 17.6 Å². The number of rotatable bonds is 8. The molecule has 0 aliphatic carbocycles. The number of halogens is 2. The second-order valence-electron chi connectivity index (χ2n) is 6.37. The summed E-state index contributed by atoms with van der Waals surface area (Å²) >= 11 is 0. The van der Waals surface area contributed by atoms with Gasteiger partial charge in [-0.05, 0) is 62.5 Å². The maximum Gasteiger partial charge on any atom is 0.226 e. The molecule has 6 nitrogen and oxygen atoms in total. The summed E-state index contributed by atoms with van der Waals surface area (Å²) in [6.07, 6.45) is 3.88. The Kier molecular flexibility index (Phi) is 8.00. The van der Waals surface area contributed by atoms with E-state index in [1.165, 1.54) is 18.6 Å². The first-order valence-electron chi connectivity index (χ1n) is 8.76. The number of carbonyl (C=O) groups excluding carboxylic acids is 1. The summed E-state index contributed by atoms with van der Waals surface area (Å²) in [5, 5.41) is 10.2. The van der Waals surface area contributed by atoms with Crippen LogP contribution in [0.3, 0.4) is 0 Å². The van der Waals surface area contributed by atoms with Crippen molar-refractivity contribution in [3.63, 3.8) is 0 Å². The zero-order valence-corrected chi connectivity index (χ0v) is 15.4. The lowest BCUT2D eigenvalue weighted by atomic mass is 10.1. The van der Waals surface area contributed by atoms with Crippen molar-refractivity contribution < 1.29 is 13.7 Å². The summed E-state index contributed by atoms with van der Waals surface area (Å²) in [5.41, 5.74) is 0.704. The fourth-order valence-corrected chi connectivity index (χ4v) is 2.94. The first kappa shape index (κ1) is 20.3. The van der Waals surface area contributed by atoms with Crippen LogP contribution in [0.5, 0.6) is 0 Å². The van der Waals surface area contributed by atoms with Gasteiger partial charge in [0.15, 0.2) is 0 Å². The molecule has 1 aromatic carbocycles. The van der Waals surface area contributed by atoms with E-state index in [0.717, 1.165) is 26.1 Å². The molecule has 1 saturated heterocycles. The first-order chi connectivity index (χ1) is 12.2. The minimum atomic E-state index is -0.303. The summed E-state index contributed by atoms with van der Waals surface area (Å²) < 4.78 is 18.1. The van der Waals surface area contributed by atoms with Gasteiger partial charge < -0.3 is 15.2 Å². The number of amides is 1. The fraction of sp³-hybridized carbons (Fsp3) is 0.500. The second kappa shape index (κ2) is 10.2. The van der Waals surface area contributed by atoms with Crippen molar-refractivity contribution in [2.45, 2.75) is 32.1 Å². The normalized spacial score (nSPS) is 16.3. The third-order valence-electron chi connectivity index (χ3n) is 4.40. The van der Waals surface area contributed by atoms with E-state index in [2.05, 4.69) is 20.8 Å². The van der Waals surface area contributed by atoms with E-state index in [1.54, 1.807) is 12.1 Å². The third kappa shape index (κ3) is 6.07. The molecule has 1 aliphatic heterocycles. The molecule has 1 unspecified atom stereocenters. The van der Waals surface area contributed by atoms with Crippen molar-refractivity contribution in [2.75, 3.05) is 19.6 Å². The van der Waals surface area contributed by atoms with Crippen molar-refractivity contribution in [3.05, 3.63) is 36.0 Å². The quantitative estimate of drug-likeness (QED) is 0.733. The Morgan fingerprint density at radius 3 is 2.88 bits per heavy atom. The van der Waals surface area contributed by atoms with Crippen LogP contribution in [-0.4, -0.2) is 35.7 Å². The maximum atomic E-state index is 12.9. The van der Waals surface area contributed by atoms with E-state index < -0.39 is 0 Å². The number of nitrogens with one attached hydrogen (secondary N) is 2. The van der Waals surface area contributed by atoms with Gasteiger partial charge in [-0.25, -0.2) is 4.39 Å². The number of hydrogen-bond acceptors (Lipinski definition) is 5. The molecule has 2 aromatic rings. The Morgan fingerprint density at radius 2 is 2.15 bits per heavy atom. The van der Waals surface area contributed by atoms with Gasteiger partial charge in [-0.15, -0.1) is 12.4 Å². The molecule has 0 radical (unpaired) electrons. The van der Waals surface area contributed by atoms with Crippen LogP contribution in [0.25, 0.3) is 11.4 Å². The molecular weight excluding hydrogens is 359 g/mol. The highest BCUT2D eigenvalue weighted by Gasteiger charge is 2.14. The summed E-state index contributed by atoms with van der Waals surface area (Å²) in [5.74, 6) is 1.37. The van der Waals surface area contributed by atoms with Gasteiger partial charge >= 0.3 is 0 Å². The molecule has 142 valence electrons. The maximum absolute atomic E-state index is 12.9. The van der Waals surface area contributed by atoms with Gasteiger partial charge in [0.25, 0.3) is 0 Å². The summed E-state index contributed by atoms with van der Waals surface area (Å²) in [7, 11) is 0. The van der Waals surface area contributed by atoms with Crippen LogP contribution in [0, 0.1) is 11.7 Å². The fourth-order valence-electron chi connectivity index (χ4n) is 2.94. The van der Waals surface area contributed by atoms with Crippen LogP contribution in [-0.2, 0) is 11.2 Å². The summed E-state index contributed by atoms with van der Waals surface area (Å²) in [6, 6.07) is 5.93. The van der Waals surface area contributed by atoms with Crippen molar-refractivity contribution in [1.29, 1.82) is 0 Å². The molecule has 26 heavy (non-hydrogen) atoms. The molecule has 1 amide bonds. The molecule has 3 rings (SSSR count). The molecule has 1 aliphatic rings. The molecule has 1 atom stereocenters. The van der Waals surface area contributed by atoms with Crippen LogP contribution in [0.1, 0.15) is 31.6 Å².